The van der Waals surface area contributed by atoms with Crippen molar-refractivity contribution in [2.45, 2.75) is 36.9 Å². The predicted octanol–water partition coefficient (Wildman–Crippen LogP) is 0.413. The first-order valence-corrected chi connectivity index (χ1v) is 9.93. The number of nitrogens with zero attached hydrogens (tertiary/aromatic N) is 2. The van der Waals surface area contributed by atoms with Gasteiger partial charge in [-0.3, -0.25) is 4.79 Å². The summed E-state index contributed by atoms with van der Waals surface area (Å²) in [6.07, 6.45) is -3.43. The van der Waals surface area contributed by atoms with Crippen molar-refractivity contribution in [3.8, 4) is 0 Å². The van der Waals surface area contributed by atoms with Gasteiger partial charge in [0.1, 0.15) is 12.7 Å². The fourth-order valence-electron chi connectivity index (χ4n) is 3.08. The molecule has 2 aliphatic heterocycles. The summed E-state index contributed by atoms with van der Waals surface area (Å²) in [6.45, 7) is 2.51. The van der Waals surface area contributed by atoms with Crippen molar-refractivity contribution in [2.24, 2.45) is 0 Å². The fourth-order valence-corrected chi connectivity index (χ4v) is 4.52. The first kappa shape index (κ1) is 20.6. The monoisotopic (exact) mass is 426 g/mol. The molecule has 29 heavy (non-hydrogen) atoms. The lowest BCUT2D eigenvalue weighted by Gasteiger charge is -2.25. The SMILES string of the molecule is COC(=O)[C@@H]1[C@@H](C)OC(=O)N1C(=O)[C@@H]1COC(=O)N1S(=O)(=O)c1ccc(C)cc1. The van der Waals surface area contributed by atoms with Gasteiger partial charge in [-0.05, 0) is 26.0 Å². The number of hydrogen-bond acceptors (Lipinski definition) is 9. The van der Waals surface area contributed by atoms with Crippen LogP contribution in [0, 0.1) is 6.92 Å². The molecule has 12 heteroatoms. The maximum absolute atomic E-state index is 13.0. The Labute approximate surface area is 166 Å². The van der Waals surface area contributed by atoms with Crippen LogP contribution < -0.4 is 0 Å². The van der Waals surface area contributed by atoms with Crippen LogP contribution in [0.1, 0.15) is 12.5 Å². The van der Waals surface area contributed by atoms with E-state index in [1.807, 2.05) is 0 Å². The van der Waals surface area contributed by atoms with Crippen molar-refractivity contribution in [2.75, 3.05) is 13.7 Å². The Hall–Kier alpha value is -3.15. The Kier molecular flexibility index (Phi) is 5.22. The van der Waals surface area contributed by atoms with E-state index in [9.17, 15) is 27.6 Å². The average Bonchev–Trinajstić information content (AvgIpc) is 3.20. The van der Waals surface area contributed by atoms with E-state index in [2.05, 4.69) is 4.74 Å². The molecule has 0 aromatic heterocycles. The molecule has 0 bridgehead atoms. The minimum absolute atomic E-state index is 0.235. The van der Waals surface area contributed by atoms with Crippen LogP contribution in [0.15, 0.2) is 29.2 Å². The van der Waals surface area contributed by atoms with E-state index >= 15 is 0 Å². The summed E-state index contributed by atoms with van der Waals surface area (Å²) in [5, 5.41) is 0. The predicted molar refractivity (Wildman–Crippen MR) is 93.9 cm³/mol. The molecule has 11 nitrogen and oxygen atoms in total. The van der Waals surface area contributed by atoms with Crippen molar-refractivity contribution < 1.29 is 41.8 Å². The summed E-state index contributed by atoms with van der Waals surface area (Å²) < 4.78 is 40.4. The summed E-state index contributed by atoms with van der Waals surface area (Å²) in [7, 11) is -3.39. The molecule has 1 aromatic rings. The van der Waals surface area contributed by atoms with E-state index in [1.54, 1.807) is 6.92 Å². The molecular weight excluding hydrogens is 408 g/mol. The second kappa shape index (κ2) is 7.35. The Morgan fingerprint density at radius 3 is 2.34 bits per heavy atom. The van der Waals surface area contributed by atoms with Crippen molar-refractivity contribution in [3.63, 3.8) is 0 Å². The Morgan fingerprint density at radius 2 is 1.76 bits per heavy atom. The molecule has 2 heterocycles. The zero-order valence-electron chi connectivity index (χ0n) is 15.7. The molecule has 3 rings (SSSR count). The van der Waals surface area contributed by atoms with Crippen molar-refractivity contribution >= 4 is 34.1 Å². The lowest BCUT2D eigenvalue weighted by Crippen LogP contribution is -2.54. The van der Waals surface area contributed by atoms with Gasteiger partial charge in [0, 0.05) is 0 Å². The van der Waals surface area contributed by atoms with E-state index in [0.29, 0.717) is 4.90 Å². The van der Waals surface area contributed by atoms with Crippen LogP contribution in [0.4, 0.5) is 9.59 Å². The Bertz CT molecular complexity index is 973. The molecule has 3 amide bonds. The van der Waals surface area contributed by atoms with Crippen molar-refractivity contribution in [1.29, 1.82) is 0 Å². The van der Waals surface area contributed by atoms with Crippen LogP contribution in [0.3, 0.4) is 0 Å². The topological polar surface area (TPSA) is 137 Å². The normalized spacial score (nSPS) is 24.3. The molecular formula is C17H18N2O9S. The molecule has 156 valence electrons. The Balaban J connectivity index is 1.97. The summed E-state index contributed by atoms with van der Waals surface area (Å²) in [6, 6.07) is 2.51. The minimum atomic E-state index is -4.46. The number of hydrogen-bond donors (Lipinski definition) is 0. The first-order chi connectivity index (χ1) is 13.6. The van der Waals surface area contributed by atoms with Crippen LogP contribution in [-0.2, 0) is 33.8 Å². The third-order valence-corrected chi connectivity index (χ3v) is 6.37. The third kappa shape index (κ3) is 3.39. The summed E-state index contributed by atoms with van der Waals surface area (Å²) in [5.41, 5.74) is 0.787. The highest BCUT2D eigenvalue weighted by Crippen LogP contribution is 2.28. The second-order valence-electron chi connectivity index (χ2n) is 6.47. The molecule has 0 spiro atoms. The van der Waals surface area contributed by atoms with Gasteiger partial charge < -0.3 is 14.2 Å². The van der Waals surface area contributed by atoms with Crippen molar-refractivity contribution in [3.05, 3.63) is 29.8 Å². The molecule has 0 aliphatic carbocycles. The number of amides is 3. The van der Waals surface area contributed by atoms with Gasteiger partial charge >= 0.3 is 18.2 Å². The lowest BCUT2D eigenvalue weighted by molar-refractivity contribution is -0.151. The number of carbonyl (C=O) groups is 4. The van der Waals surface area contributed by atoms with Gasteiger partial charge in [0.15, 0.2) is 12.1 Å². The highest BCUT2D eigenvalue weighted by atomic mass is 32.2. The standard InChI is InChI=1S/C17H18N2O9S/c1-9-4-6-11(7-5-9)29(24,25)19-12(8-27-17(19)23)14(20)18-13(15(21)26-3)10(2)28-16(18)22/h4-7,10,12-13H,8H2,1-3H3/t10-,12+,13+/m1/s1. The van der Waals surface area contributed by atoms with Gasteiger partial charge in [0.2, 0.25) is 0 Å². The number of imide groups is 1. The maximum atomic E-state index is 13.0. The number of esters is 1. The Morgan fingerprint density at radius 1 is 1.14 bits per heavy atom. The number of sulfonamides is 1. The fraction of sp³-hybridized carbons (Fsp3) is 0.412. The van der Waals surface area contributed by atoms with Gasteiger partial charge in [-0.15, -0.1) is 0 Å². The number of benzene rings is 1. The molecule has 0 unspecified atom stereocenters. The number of cyclic esters (lactones) is 2. The second-order valence-corrected chi connectivity index (χ2v) is 8.29. The van der Waals surface area contributed by atoms with E-state index in [-0.39, 0.29) is 9.20 Å². The summed E-state index contributed by atoms with van der Waals surface area (Å²) in [4.78, 5) is 49.5. The number of rotatable bonds is 4. The summed E-state index contributed by atoms with van der Waals surface area (Å²) >= 11 is 0. The highest BCUT2D eigenvalue weighted by molar-refractivity contribution is 7.89. The van der Waals surface area contributed by atoms with Crippen LogP contribution in [0.2, 0.25) is 0 Å². The first-order valence-electron chi connectivity index (χ1n) is 8.49. The molecule has 1 aromatic carbocycles. The van der Waals surface area contributed by atoms with Gasteiger partial charge in [0.25, 0.3) is 15.9 Å². The largest absolute Gasteiger partial charge is 0.467 e. The number of ether oxygens (including phenoxy) is 3. The number of carbonyl (C=O) groups excluding carboxylic acids is 4. The van der Waals surface area contributed by atoms with E-state index in [1.165, 1.54) is 31.2 Å². The molecule has 2 aliphatic rings. The number of methoxy groups -OCH3 is 1. The minimum Gasteiger partial charge on any atom is -0.467 e. The van der Waals surface area contributed by atoms with Gasteiger partial charge in [-0.2, -0.15) is 4.31 Å². The quantitative estimate of drug-likeness (QED) is 0.495. The molecule has 0 saturated carbocycles. The molecule has 3 atom stereocenters. The van der Waals surface area contributed by atoms with E-state index < -0.39 is 58.9 Å². The maximum Gasteiger partial charge on any atom is 0.424 e. The van der Waals surface area contributed by atoms with Gasteiger partial charge in [0.05, 0.1) is 12.0 Å². The van der Waals surface area contributed by atoms with Crippen molar-refractivity contribution in [1.82, 2.24) is 9.21 Å². The average molecular weight is 426 g/mol. The highest BCUT2D eigenvalue weighted by Gasteiger charge is 2.55. The number of aryl methyl sites for hydroxylation is 1. The molecule has 2 saturated heterocycles. The third-order valence-electron chi connectivity index (χ3n) is 4.58. The zero-order chi connectivity index (χ0) is 21.5. The zero-order valence-corrected chi connectivity index (χ0v) is 16.5. The smallest absolute Gasteiger partial charge is 0.424 e. The molecule has 0 N–H and O–H groups in total. The van der Waals surface area contributed by atoms with Gasteiger partial charge in [-0.25, -0.2) is 27.7 Å². The van der Waals surface area contributed by atoms with Crippen LogP contribution in [0.25, 0.3) is 0 Å². The van der Waals surface area contributed by atoms with Gasteiger partial charge in [-0.1, -0.05) is 17.7 Å². The van der Waals surface area contributed by atoms with Crippen LogP contribution >= 0.6 is 0 Å². The molecule has 2 fully saturated rings. The van der Waals surface area contributed by atoms with E-state index in [0.717, 1.165) is 12.7 Å². The van der Waals surface area contributed by atoms with E-state index in [4.69, 9.17) is 9.47 Å². The molecule has 0 radical (unpaired) electrons. The lowest BCUT2D eigenvalue weighted by atomic mass is 10.1. The summed E-state index contributed by atoms with van der Waals surface area (Å²) in [5.74, 6) is -2.05. The van der Waals surface area contributed by atoms with Crippen LogP contribution in [0.5, 0.6) is 0 Å². The van der Waals surface area contributed by atoms with Crippen LogP contribution in [-0.4, -0.2) is 73.6 Å².